The van der Waals surface area contributed by atoms with E-state index in [1.807, 2.05) is 6.07 Å². The summed E-state index contributed by atoms with van der Waals surface area (Å²) in [5.74, 6) is -1.59. The van der Waals surface area contributed by atoms with Crippen LogP contribution in [0.1, 0.15) is 22.8 Å². The number of carbonyl (C=O) groups is 2. The first-order valence-corrected chi connectivity index (χ1v) is 6.40. The molecular formula is C13H16BrNO4. The molecule has 0 saturated heterocycles. The second kappa shape index (κ2) is 6.16. The van der Waals surface area contributed by atoms with Gasteiger partial charge in [0.1, 0.15) is 0 Å². The van der Waals surface area contributed by atoms with Crippen LogP contribution in [0.15, 0.2) is 22.7 Å². The van der Waals surface area contributed by atoms with Gasteiger partial charge in [0.15, 0.2) is 5.54 Å². The number of aryl methyl sites for hydroxylation is 1. The number of hydrogen-bond acceptors (Lipinski definition) is 3. The van der Waals surface area contributed by atoms with Crippen molar-refractivity contribution in [3.8, 4) is 0 Å². The quantitative estimate of drug-likeness (QED) is 0.866. The predicted molar refractivity (Wildman–Crippen MR) is 74.3 cm³/mol. The number of rotatable bonds is 5. The zero-order chi connectivity index (χ0) is 14.6. The van der Waals surface area contributed by atoms with E-state index >= 15 is 0 Å². The largest absolute Gasteiger partial charge is 0.479 e. The highest BCUT2D eigenvalue weighted by Gasteiger charge is 2.35. The summed E-state index contributed by atoms with van der Waals surface area (Å²) in [5.41, 5.74) is -0.260. The number of ether oxygens (including phenoxy) is 1. The molecule has 104 valence electrons. The lowest BCUT2D eigenvalue weighted by Gasteiger charge is -2.25. The lowest BCUT2D eigenvalue weighted by Crippen LogP contribution is -2.55. The maximum Gasteiger partial charge on any atom is 0.331 e. The predicted octanol–water partition coefficient (Wildman–Crippen LogP) is 1.98. The summed E-state index contributed by atoms with van der Waals surface area (Å²) in [7, 11) is 1.39. The second-order valence-corrected chi connectivity index (χ2v) is 5.40. The SMILES string of the molecule is COCC(C)(NC(=O)c1cc(Br)ccc1C)C(=O)O. The Hall–Kier alpha value is -1.40. The first-order valence-electron chi connectivity index (χ1n) is 5.61. The van der Waals surface area contributed by atoms with Gasteiger partial charge >= 0.3 is 5.97 Å². The minimum absolute atomic E-state index is 0.110. The molecule has 0 aliphatic carbocycles. The Morgan fingerprint density at radius 3 is 2.63 bits per heavy atom. The molecule has 0 radical (unpaired) electrons. The highest BCUT2D eigenvalue weighted by atomic mass is 79.9. The Morgan fingerprint density at radius 2 is 2.11 bits per heavy atom. The van der Waals surface area contributed by atoms with E-state index in [1.165, 1.54) is 14.0 Å². The molecule has 0 saturated carbocycles. The van der Waals surface area contributed by atoms with Gasteiger partial charge in [-0.15, -0.1) is 0 Å². The van der Waals surface area contributed by atoms with Gasteiger partial charge in [0.05, 0.1) is 6.61 Å². The third kappa shape index (κ3) is 3.78. The van der Waals surface area contributed by atoms with E-state index in [0.717, 1.165) is 10.0 Å². The van der Waals surface area contributed by atoms with Crippen molar-refractivity contribution in [1.82, 2.24) is 5.32 Å². The number of methoxy groups -OCH3 is 1. The minimum Gasteiger partial charge on any atom is -0.479 e. The highest BCUT2D eigenvalue weighted by molar-refractivity contribution is 9.10. The smallest absolute Gasteiger partial charge is 0.331 e. The molecule has 1 unspecified atom stereocenters. The molecule has 1 atom stereocenters. The van der Waals surface area contributed by atoms with E-state index < -0.39 is 17.4 Å². The molecule has 1 rings (SSSR count). The molecule has 2 N–H and O–H groups in total. The summed E-state index contributed by atoms with van der Waals surface area (Å²) in [4.78, 5) is 23.4. The Morgan fingerprint density at radius 1 is 1.47 bits per heavy atom. The summed E-state index contributed by atoms with van der Waals surface area (Å²) in [6.07, 6.45) is 0. The number of halogens is 1. The molecule has 0 fully saturated rings. The van der Waals surface area contributed by atoms with Crippen molar-refractivity contribution < 1.29 is 19.4 Å². The van der Waals surface area contributed by atoms with Crippen LogP contribution in [0.3, 0.4) is 0 Å². The van der Waals surface area contributed by atoms with E-state index in [-0.39, 0.29) is 6.61 Å². The number of carboxylic acids is 1. The van der Waals surface area contributed by atoms with Gasteiger partial charge in [-0.3, -0.25) is 4.79 Å². The molecular weight excluding hydrogens is 314 g/mol. The van der Waals surface area contributed by atoms with E-state index in [4.69, 9.17) is 4.74 Å². The van der Waals surface area contributed by atoms with E-state index in [1.54, 1.807) is 19.1 Å². The topological polar surface area (TPSA) is 75.6 Å². The molecule has 1 aromatic carbocycles. The van der Waals surface area contributed by atoms with Crippen molar-refractivity contribution in [2.75, 3.05) is 13.7 Å². The van der Waals surface area contributed by atoms with Crippen LogP contribution in [0.4, 0.5) is 0 Å². The number of carbonyl (C=O) groups excluding carboxylic acids is 1. The number of aliphatic carboxylic acids is 1. The van der Waals surface area contributed by atoms with Gasteiger partial charge in [-0.25, -0.2) is 4.79 Å². The van der Waals surface area contributed by atoms with Gasteiger partial charge in [0, 0.05) is 17.1 Å². The summed E-state index contributed by atoms with van der Waals surface area (Å²) >= 11 is 3.28. The standard InChI is InChI=1S/C13H16BrNO4/c1-8-4-5-9(14)6-10(8)11(16)15-13(2,7-19-3)12(17)18/h4-6H,7H2,1-3H3,(H,15,16)(H,17,18). The van der Waals surface area contributed by atoms with Gasteiger partial charge in [0.2, 0.25) is 0 Å². The Balaban J connectivity index is 3.00. The normalized spacial score (nSPS) is 13.7. The van der Waals surface area contributed by atoms with E-state index in [2.05, 4.69) is 21.2 Å². The van der Waals surface area contributed by atoms with Crippen molar-refractivity contribution in [3.63, 3.8) is 0 Å². The van der Waals surface area contributed by atoms with Crippen LogP contribution in [0.2, 0.25) is 0 Å². The summed E-state index contributed by atoms with van der Waals surface area (Å²) in [6.45, 7) is 3.08. The van der Waals surface area contributed by atoms with Gasteiger partial charge in [-0.1, -0.05) is 22.0 Å². The molecule has 1 aromatic rings. The molecule has 0 aliphatic heterocycles. The van der Waals surface area contributed by atoms with Crippen LogP contribution in [0.25, 0.3) is 0 Å². The molecule has 1 amide bonds. The van der Waals surface area contributed by atoms with Crippen molar-refractivity contribution in [1.29, 1.82) is 0 Å². The molecule has 6 heteroatoms. The van der Waals surface area contributed by atoms with Crippen molar-refractivity contribution in [2.24, 2.45) is 0 Å². The summed E-state index contributed by atoms with van der Waals surface area (Å²) < 4.78 is 5.61. The molecule has 5 nitrogen and oxygen atoms in total. The van der Waals surface area contributed by atoms with Crippen LogP contribution in [0, 0.1) is 6.92 Å². The van der Waals surface area contributed by atoms with Gasteiger partial charge < -0.3 is 15.2 Å². The molecule has 0 aliphatic rings. The fourth-order valence-corrected chi connectivity index (χ4v) is 1.96. The molecule has 0 bridgehead atoms. The maximum absolute atomic E-state index is 12.2. The Kier molecular flexibility index (Phi) is 5.08. The summed E-state index contributed by atoms with van der Waals surface area (Å²) in [5, 5.41) is 11.7. The van der Waals surface area contributed by atoms with Crippen LogP contribution >= 0.6 is 15.9 Å². The van der Waals surface area contributed by atoms with Gasteiger partial charge in [-0.2, -0.15) is 0 Å². The first-order chi connectivity index (χ1) is 8.80. The number of nitrogens with one attached hydrogen (secondary N) is 1. The van der Waals surface area contributed by atoms with Crippen molar-refractivity contribution in [3.05, 3.63) is 33.8 Å². The van der Waals surface area contributed by atoms with Crippen LogP contribution in [-0.4, -0.2) is 36.2 Å². The van der Waals surface area contributed by atoms with E-state index in [9.17, 15) is 14.7 Å². The minimum atomic E-state index is -1.46. The molecule has 0 spiro atoms. The first kappa shape index (κ1) is 15.7. The fourth-order valence-electron chi connectivity index (χ4n) is 1.60. The van der Waals surface area contributed by atoms with E-state index in [0.29, 0.717) is 5.56 Å². The number of amides is 1. The number of benzene rings is 1. The number of carboxylic acid groups (broad SMARTS) is 1. The van der Waals surface area contributed by atoms with Crippen LogP contribution in [0.5, 0.6) is 0 Å². The van der Waals surface area contributed by atoms with Gasteiger partial charge in [0.25, 0.3) is 5.91 Å². The van der Waals surface area contributed by atoms with Crippen molar-refractivity contribution in [2.45, 2.75) is 19.4 Å². The van der Waals surface area contributed by atoms with Crippen LogP contribution in [-0.2, 0) is 9.53 Å². The fraction of sp³-hybridized carbons (Fsp3) is 0.385. The maximum atomic E-state index is 12.2. The molecule has 0 heterocycles. The average molecular weight is 330 g/mol. The third-order valence-corrected chi connectivity index (χ3v) is 3.23. The lowest BCUT2D eigenvalue weighted by molar-refractivity contribution is -0.145. The summed E-state index contributed by atoms with van der Waals surface area (Å²) in [6, 6.07) is 5.25. The Bertz CT molecular complexity index is 503. The zero-order valence-corrected chi connectivity index (χ0v) is 12.6. The average Bonchev–Trinajstić information content (AvgIpc) is 2.32. The molecule has 0 aromatic heterocycles. The van der Waals surface area contributed by atoms with Crippen molar-refractivity contribution >= 4 is 27.8 Å². The monoisotopic (exact) mass is 329 g/mol. The Labute approximate surface area is 120 Å². The second-order valence-electron chi connectivity index (χ2n) is 4.48. The number of hydrogen-bond donors (Lipinski definition) is 2. The zero-order valence-electron chi connectivity index (χ0n) is 11.0. The third-order valence-electron chi connectivity index (χ3n) is 2.74. The highest BCUT2D eigenvalue weighted by Crippen LogP contribution is 2.17. The van der Waals surface area contributed by atoms with Crippen LogP contribution < -0.4 is 5.32 Å². The lowest BCUT2D eigenvalue weighted by atomic mass is 10.0. The van der Waals surface area contributed by atoms with Gasteiger partial charge in [-0.05, 0) is 31.5 Å². The molecule has 19 heavy (non-hydrogen) atoms.